The highest BCUT2D eigenvalue weighted by molar-refractivity contribution is 6.16. The summed E-state index contributed by atoms with van der Waals surface area (Å²) in [4.78, 5) is 25.6. The van der Waals surface area contributed by atoms with E-state index in [9.17, 15) is 18.4 Å². The molecule has 4 rings (SSSR count). The largest absolute Gasteiger partial charge is 0.449 e. The highest BCUT2D eigenvalue weighted by Gasteiger charge is 2.23. The second-order valence-corrected chi connectivity index (χ2v) is 7.14. The molecule has 3 aromatic carbocycles. The topological polar surface area (TPSA) is 71.3 Å². The van der Waals surface area contributed by atoms with Crippen LogP contribution in [0.3, 0.4) is 0 Å². The molecule has 0 fully saturated rings. The van der Waals surface area contributed by atoms with Gasteiger partial charge in [-0.15, -0.1) is 0 Å². The summed E-state index contributed by atoms with van der Waals surface area (Å²) >= 11 is 0. The fraction of sp³-hybridized carbons (Fsp3) is 0.0833. The number of carbonyl (C=O) groups excluding carboxylic acids is 2. The maximum Gasteiger partial charge on any atom is 0.293 e. The SMILES string of the molecule is Cc1ccc(NC(=O)c2oc3ccccc3c2NC(=O)c2ccc(F)c(F)c2)cc1C. The zero-order valence-corrected chi connectivity index (χ0v) is 16.8. The molecule has 1 aromatic heterocycles. The maximum absolute atomic E-state index is 13.5. The van der Waals surface area contributed by atoms with E-state index in [-0.39, 0.29) is 17.0 Å². The van der Waals surface area contributed by atoms with Crippen LogP contribution in [-0.4, -0.2) is 11.8 Å². The quantitative estimate of drug-likeness (QED) is 0.436. The van der Waals surface area contributed by atoms with Crippen molar-refractivity contribution < 1.29 is 22.8 Å². The normalized spacial score (nSPS) is 10.8. The van der Waals surface area contributed by atoms with Gasteiger partial charge >= 0.3 is 0 Å². The molecule has 7 heteroatoms. The summed E-state index contributed by atoms with van der Waals surface area (Å²) in [6, 6.07) is 15.1. The Morgan fingerprint density at radius 3 is 2.32 bits per heavy atom. The number of nitrogens with one attached hydrogen (secondary N) is 2. The molecular formula is C24H18F2N2O3. The molecule has 0 unspecified atom stereocenters. The van der Waals surface area contributed by atoms with Crippen LogP contribution in [0.1, 0.15) is 32.0 Å². The number of carbonyl (C=O) groups is 2. The van der Waals surface area contributed by atoms with E-state index in [1.54, 1.807) is 30.3 Å². The summed E-state index contributed by atoms with van der Waals surface area (Å²) in [5, 5.41) is 5.87. The van der Waals surface area contributed by atoms with Gasteiger partial charge in [-0.3, -0.25) is 9.59 Å². The van der Waals surface area contributed by atoms with E-state index in [1.165, 1.54) is 0 Å². The van der Waals surface area contributed by atoms with Crippen LogP contribution in [0.2, 0.25) is 0 Å². The number of para-hydroxylation sites is 1. The van der Waals surface area contributed by atoms with E-state index < -0.39 is 23.4 Å². The second-order valence-electron chi connectivity index (χ2n) is 7.14. The number of anilines is 2. The maximum atomic E-state index is 13.5. The van der Waals surface area contributed by atoms with Gasteiger partial charge in [0.05, 0.1) is 0 Å². The predicted molar refractivity (Wildman–Crippen MR) is 114 cm³/mol. The predicted octanol–water partition coefficient (Wildman–Crippen LogP) is 5.83. The van der Waals surface area contributed by atoms with E-state index >= 15 is 0 Å². The summed E-state index contributed by atoms with van der Waals surface area (Å²) in [6.45, 7) is 3.89. The van der Waals surface area contributed by atoms with E-state index in [2.05, 4.69) is 10.6 Å². The Bertz CT molecular complexity index is 1330. The molecule has 0 saturated heterocycles. The fourth-order valence-electron chi connectivity index (χ4n) is 3.16. The molecule has 0 radical (unpaired) electrons. The lowest BCUT2D eigenvalue weighted by Crippen LogP contribution is -2.17. The lowest BCUT2D eigenvalue weighted by atomic mass is 10.1. The third-order valence-corrected chi connectivity index (χ3v) is 4.99. The van der Waals surface area contributed by atoms with Crippen LogP contribution in [0.25, 0.3) is 11.0 Å². The Hall–Kier alpha value is -4.00. The number of rotatable bonds is 4. The van der Waals surface area contributed by atoms with Gasteiger partial charge < -0.3 is 15.1 Å². The number of hydrogen-bond acceptors (Lipinski definition) is 3. The van der Waals surface area contributed by atoms with Gasteiger partial charge in [-0.25, -0.2) is 8.78 Å². The van der Waals surface area contributed by atoms with Crippen molar-refractivity contribution in [2.75, 3.05) is 10.6 Å². The molecule has 0 bridgehead atoms. The van der Waals surface area contributed by atoms with E-state index in [4.69, 9.17) is 4.42 Å². The third-order valence-electron chi connectivity index (χ3n) is 4.99. The number of amides is 2. The molecular weight excluding hydrogens is 402 g/mol. The third kappa shape index (κ3) is 4.02. The number of furan rings is 1. The first-order valence-corrected chi connectivity index (χ1v) is 9.50. The number of fused-ring (bicyclic) bond motifs is 1. The van der Waals surface area contributed by atoms with Crippen LogP contribution in [0, 0.1) is 25.5 Å². The van der Waals surface area contributed by atoms with Crippen LogP contribution >= 0.6 is 0 Å². The highest BCUT2D eigenvalue weighted by Crippen LogP contribution is 2.32. The number of halogens is 2. The van der Waals surface area contributed by atoms with Gasteiger partial charge in [0.1, 0.15) is 11.3 Å². The molecule has 2 amide bonds. The van der Waals surface area contributed by atoms with E-state index in [0.29, 0.717) is 16.7 Å². The first-order chi connectivity index (χ1) is 14.8. The van der Waals surface area contributed by atoms with E-state index in [0.717, 1.165) is 29.3 Å². The van der Waals surface area contributed by atoms with Crippen molar-refractivity contribution in [1.82, 2.24) is 0 Å². The van der Waals surface area contributed by atoms with E-state index in [1.807, 2.05) is 26.0 Å². The molecule has 0 aliphatic heterocycles. The fourth-order valence-corrected chi connectivity index (χ4v) is 3.16. The first-order valence-electron chi connectivity index (χ1n) is 9.50. The molecule has 0 spiro atoms. The summed E-state index contributed by atoms with van der Waals surface area (Å²) in [5.74, 6) is -3.56. The van der Waals surface area contributed by atoms with Gasteiger partial charge in [0.2, 0.25) is 5.76 Å². The van der Waals surface area contributed by atoms with Crippen molar-refractivity contribution in [3.63, 3.8) is 0 Å². The Kier molecular flexibility index (Phi) is 5.25. The van der Waals surface area contributed by atoms with Gasteiger partial charge in [0, 0.05) is 16.6 Å². The molecule has 5 nitrogen and oxygen atoms in total. The zero-order chi connectivity index (χ0) is 22.1. The Morgan fingerprint density at radius 1 is 0.806 bits per heavy atom. The summed E-state index contributed by atoms with van der Waals surface area (Å²) in [5.41, 5.74) is 3.12. The van der Waals surface area contributed by atoms with Crippen LogP contribution in [-0.2, 0) is 0 Å². The summed E-state index contributed by atoms with van der Waals surface area (Å²) in [6.07, 6.45) is 0. The van der Waals surface area contributed by atoms with Crippen LogP contribution in [0.15, 0.2) is 65.1 Å². The molecule has 0 atom stereocenters. The zero-order valence-electron chi connectivity index (χ0n) is 16.8. The molecule has 1 heterocycles. The van der Waals surface area contributed by atoms with Crippen molar-refractivity contribution in [1.29, 1.82) is 0 Å². The minimum absolute atomic E-state index is 0.0929. The molecule has 4 aromatic rings. The van der Waals surface area contributed by atoms with Crippen LogP contribution in [0.5, 0.6) is 0 Å². The second kappa shape index (κ2) is 8.02. The summed E-state index contributed by atoms with van der Waals surface area (Å²) < 4.78 is 32.5. The molecule has 0 aliphatic carbocycles. The molecule has 0 saturated carbocycles. The standard InChI is InChI=1S/C24H18F2N2O3/c1-13-7-9-16(11-14(13)2)27-24(30)22-21(17-5-3-4-6-20(17)31-22)28-23(29)15-8-10-18(25)19(26)12-15/h3-12H,1-2H3,(H,27,30)(H,28,29). The highest BCUT2D eigenvalue weighted by atomic mass is 19.2. The average molecular weight is 420 g/mol. The Balaban J connectivity index is 1.69. The van der Waals surface area contributed by atoms with Gasteiger partial charge in [-0.2, -0.15) is 0 Å². The minimum atomic E-state index is -1.14. The first kappa shape index (κ1) is 20.3. The van der Waals surface area contributed by atoms with Crippen molar-refractivity contribution in [2.24, 2.45) is 0 Å². The van der Waals surface area contributed by atoms with Crippen molar-refractivity contribution in [2.45, 2.75) is 13.8 Å². The minimum Gasteiger partial charge on any atom is -0.449 e. The molecule has 31 heavy (non-hydrogen) atoms. The lowest BCUT2D eigenvalue weighted by Gasteiger charge is -2.09. The van der Waals surface area contributed by atoms with Gasteiger partial charge in [-0.05, 0) is 67.4 Å². The van der Waals surface area contributed by atoms with Crippen molar-refractivity contribution >= 4 is 34.2 Å². The van der Waals surface area contributed by atoms with Crippen LogP contribution < -0.4 is 10.6 Å². The van der Waals surface area contributed by atoms with Gasteiger partial charge in [-0.1, -0.05) is 18.2 Å². The number of benzene rings is 3. The Morgan fingerprint density at radius 2 is 1.58 bits per heavy atom. The summed E-state index contributed by atoms with van der Waals surface area (Å²) in [7, 11) is 0. The molecule has 156 valence electrons. The molecule has 0 aliphatic rings. The Labute approximate surface area is 176 Å². The monoisotopic (exact) mass is 420 g/mol. The average Bonchev–Trinajstić information content (AvgIpc) is 3.11. The number of hydrogen-bond donors (Lipinski definition) is 2. The molecule has 2 N–H and O–H groups in total. The van der Waals surface area contributed by atoms with Gasteiger partial charge in [0.15, 0.2) is 11.6 Å². The smallest absolute Gasteiger partial charge is 0.293 e. The number of aryl methyl sites for hydroxylation is 2. The van der Waals surface area contributed by atoms with Crippen LogP contribution in [0.4, 0.5) is 20.2 Å². The lowest BCUT2D eigenvalue weighted by molar-refractivity contribution is 0.0999. The van der Waals surface area contributed by atoms with Gasteiger partial charge in [0.25, 0.3) is 11.8 Å². The van der Waals surface area contributed by atoms with Crippen molar-refractivity contribution in [3.05, 3.63) is 94.7 Å². The van der Waals surface area contributed by atoms with Crippen molar-refractivity contribution in [3.8, 4) is 0 Å².